The van der Waals surface area contributed by atoms with Crippen LogP contribution in [-0.2, 0) is 5.75 Å². The van der Waals surface area contributed by atoms with E-state index in [0.717, 1.165) is 33.8 Å². The van der Waals surface area contributed by atoms with Gasteiger partial charge < -0.3 is 13.9 Å². The lowest BCUT2D eigenvalue weighted by Gasteiger charge is -2.01. The van der Waals surface area contributed by atoms with Gasteiger partial charge in [-0.15, -0.1) is 10.2 Å². The van der Waals surface area contributed by atoms with Crippen LogP contribution in [0.1, 0.15) is 5.56 Å². The Bertz CT molecular complexity index is 1400. The fourth-order valence-corrected chi connectivity index (χ4v) is 4.35. The largest absolute Gasteiger partial charge is 0.454 e. The molecule has 2 aromatic heterocycles. The van der Waals surface area contributed by atoms with E-state index in [1.54, 1.807) is 0 Å². The van der Waals surface area contributed by atoms with Crippen LogP contribution in [0.2, 0.25) is 0 Å². The van der Waals surface area contributed by atoms with Crippen molar-refractivity contribution in [1.82, 2.24) is 20.0 Å². The number of ether oxygens (including phenoxy) is 2. The number of thioether (sulfide) groups is 1. The third-order valence-corrected chi connectivity index (χ3v) is 6.10. The summed E-state index contributed by atoms with van der Waals surface area (Å²) in [6.07, 6.45) is 2.06. The van der Waals surface area contributed by atoms with Gasteiger partial charge in [-0.3, -0.25) is 0 Å². The Balaban J connectivity index is 1.26. The third-order valence-electron chi connectivity index (χ3n) is 5.24. The van der Waals surface area contributed by atoms with Crippen molar-refractivity contribution >= 4 is 11.8 Å². The molecule has 7 nitrogen and oxygen atoms in total. The van der Waals surface area contributed by atoms with Crippen LogP contribution in [0.4, 0.5) is 0 Å². The van der Waals surface area contributed by atoms with E-state index >= 15 is 0 Å². The van der Waals surface area contributed by atoms with E-state index in [-0.39, 0.29) is 6.79 Å². The van der Waals surface area contributed by atoms with Crippen LogP contribution in [0.15, 0.2) is 94.7 Å². The molecule has 6 rings (SSSR count). The summed E-state index contributed by atoms with van der Waals surface area (Å²) in [7, 11) is 0. The maximum absolute atomic E-state index is 5.91. The molecule has 33 heavy (non-hydrogen) atoms. The summed E-state index contributed by atoms with van der Waals surface area (Å²) in [5.74, 6) is 2.48. The van der Waals surface area contributed by atoms with Gasteiger partial charge in [0.1, 0.15) is 0 Å². The van der Waals surface area contributed by atoms with Crippen molar-refractivity contribution in [3.05, 3.63) is 90.6 Å². The summed E-state index contributed by atoms with van der Waals surface area (Å²) in [6, 6.07) is 25.8. The summed E-state index contributed by atoms with van der Waals surface area (Å²) in [4.78, 5) is 0. The second-order valence-corrected chi connectivity index (χ2v) is 8.31. The van der Waals surface area contributed by atoms with E-state index in [9.17, 15) is 0 Å². The first-order chi connectivity index (χ1) is 16.3. The number of benzene rings is 3. The quantitative estimate of drug-likeness (QED) is 0.309. The second-order valence-electron chi connectivity index (χ2n) is 7.38. The highest BCUT2D eigenvalue weighted by atomic mass is 32.2. The lowest BCUT2D eigenvalue weighted by molar-refractivity contribution is 0.174. The first-order valence-corrected chi connectivity index (χ1v) is 11.4. The van der Waals surface area contributed by atoms with Gasteiger partial charge in [0.2, 0.25) is 12.7 Å². The van der Waals surface area contributed by atoms with Crippen molar-refractivity contribution in [2.75, 3.05) is 6.79 Å². The van der Waals surface area contributed by atoms with E-state index in [0.29, 0.717) is 22.6 Å². The van der Waals surface area contributed by atoms with Crippen molar-refractivity contribution in [1.29, 1.82) is 0 Å². The second kappa shape index (κ2) is 8.48. The van der Waals surface area contributed by atoms with Gasteiger partial charge in [-0.1, -0.05) is 60.3 Å². The van der Waals surface area contributed by atoms with Gasteiger partial charge in [0.15, 0.2) is 11.5 Å². The number of nitrogens with zero attached hydrogens (tertiary/aromatic N) is 4. The monoisotopic (exact) mass is 454 g/mol. The molecule has 0 aliphatic carbocycles. The van der Waals surface area contributed by atoms with Gasteiger partial charge in [-0.2, -0.15) is 5.10 Å². The van der Waals surface area contributed by atoms with Gasteiger partial charge in [0, 0.05) is 28.6 Å². The Morgan fingerprint density at radius 2 is 1.61 bits per heavy atom. The van der Waals surface area contributed by atoms with Crippen LogP contribution in [0, 0.1) is 0 Å². The molecular weight excluding hydrogens is 436 g/mol. The fraction of sp³-hybridized carbons (Fsp3) is 0.0800. The van der Waals surface area contributed by atoms with E-state index in [1.807, 2.05) is 71.4 Å². The highest BCUT2D eigenvalue weighted by Crippen LogP contribution is 2.36. The Labute approximate surface area is 194 Å². The van der Waals surface area contributed by atoms with E-state index in [1.165, 1.54) is 11.8 Å². The topological polar surface area (TPSA) is 75.2 Å². The van der Waals surface area contributed by atoms with Crippen LogP contribution >= 0.6 is 11.8 Å². The van der Waals surface area contributed by atoms with Gasteiger partial charge in [0.25, 0.3) is 5.22 Å². The molecule has 0 amide bonds. The van der Waals surface area contributed by atoms with Crippen molar-refractivity contribution < 1.29 is 13.9 Å². The number of hydrogen-bond acceptors (Lipinski definition) is 7. The first kappa shape index (κ1) is 19.6. The fourth-order valence-electron chi connectivity index (χ4n) is 3.62. The first-order valence-electron chi connectivity index (χ1n) is 10.4. The molecule has 0 atom stereocenters. The molecule has 0 bridgehead atoms. The number of hydrogen-bond donors (Lipinski definition) is 0. The number of aromatic nitrogens is 4. The summed E-state index contributed by atoms with van der Waals surface area (Å²) in [6.45, 7) is 0.226. The average Bonchev–Trinajstić information content (AvgIpc) is 3.63. The van der Waals surface area contributed by atoms with Crippen LogP contribution < -0.4 is 9.47 Å². The zero-order valence-corrected chi connectivity index (χ0v) is 18.2. The van der Waals surface area contributed by atoms with Crippen LogP contribution in [0.25, 0.3) is 28.4 Å². The van der Waals surface area contributed by atoms with Crippen LogP contribution in [-0.4, -0.2) is 26.8 Å². The van der Waals surface area contributed by atoms with Gasteiger partial charge in [-0.25, -0.2) is 4.68 Å². The smallest absolute Gasteiger partial charge is 0.277 e. The summed E-state index contributed by atoms with van der Waals surface area (Å²) in [5.41, 5.74) is 4.88. The standard InChI is InChI=1S/C25H18N4O3S/c1-3-7-17(8-4-1)23-19(14-29(28-23)20-9-5-2-6-10-20)15-33-25-27-26-24(32-25)18-11-12-21-22(13-18)31-16-30-21/h1-14H,15-16H2. The summed E-state index contributed by atoms with van der Waals surface area (Å²) < 4.78 is 18.6. The summed E-state index contributed by atoms with van der Waals surface area (Å²) in [5, 5.41) is 13.8. The average molecular weight is 455 g/mol. The SMILES string of the molecule is c1ccc(-c2nn(-c3ccccc3)cc2CSc2nnc(-c3ccc4c(c3)OCO4)o2)cc1. The highest BCUT2D eigenvalue weighted by Gasteiger charge is 2.18. The normalized spacial score (nSPS) is 12.2. The molecule has 1 aliphatic heterocycles. The minimum atomic E-state index is 0.226. The van der Waals surface area contributed by atoms with Crippen molar-refractivity contribution in [2.24, 2.45) is 0 Å². The molecule has 0 radical (unpaired) electrons. The molecule has 0 N–H and O–H groups in total. The molecule has 0 spiro atoms. The van der Waals surface area contributed by atoms with Crippen LogP contribution in [0.5, 0.6) is 11.5 Å². The zero-order valence-electron chi connectivity index (χ0n) is 17.4. The molecule has 3 heterocycles. The summed E-state index contributed by atoms with van der Waals surface area (Å²) >= 11 is 1.48. The Morgan fingerprint density at radius 3 is 2.45 bits per heavy atom. The molecular formula is C25H18N4O3S. The number of rotatable bonds is 6. The van der Waals surface area contributed by atoms with E-state index in [2.05, 4.69) is 28.5 Å². The predicted octanol–water partition coefficient (Wildman–Crippen LogP) is 5.61. The molecule has 0 unspecified atom stereocenters. The Morgan fingerprint density at radius 1 is 0.818 bits per heavy atom. The molecule has 162 valence electrons. The van der Waals surface area contributed by atoms with Crippen LogP contribution in [0.3, 0.4) is 0 Å². The predicted molar refractivity (Wildman–Crippen MR) is 124 cm³/mol. The molecule has 5 aromatic rings. The lowest BCUT2D eigenvalue weighted by atomic mass is 10.1. The minimum Gasteiger partial charge on any atom is -0.454 e. The Hall–Kier alpha value is -4.04. The highest BCUT2D eigenvalue weighted by molar-refractivity contribution is 7.98. The van der Waals surface area contributed by atoms with E-state index in [4.69, 9.17) is 19.0 Å². The lowest BCUT2D eigenvalue weighted by Crippen LogP contribution is -1.93. The van der Waals surface area contributed by atoms with Gasteiger partial charge in [0.05, 0.1) is 11.4 Å². The van der Waals surface area contributed by atoms with Crippen molar-refractivity contribution in [3.8, 4) is 39.9 Å². The maximum Gasteiger partial charge on any atom is 0.277 e. The number of fused-ring (bicyclic) bond motifs is 1. The van der Waals surface area contributed by atoms with E-state index < -0.39 is 0 Å². The van der Waals surface area contributed by atoms with Crippen molar-refractivity contribution in [3.63, 3.8) is 0 Å². The zero-order chi connectivity index (χ0) is 22.0. The number of para-hydroxylation sites is 1. The Kier molecular flexibility index (Phi) is 5.04. The molecule has 0 fully saturated rings. The van der Waals surface area contributed by atoms with Gasteiger partial charge >= 0.3 is 0 Å². The minimum absolute atomic E-state index is 0.226. The molecule has 3 aromatic carbocycles. The van der Waals surface area contributed by atoms with Gasteiger partial charge in [-0.05, 0) is 30.3 Å². The van der Waals surface area contributed by atoms with Crippen molar-refractivity contribution in [2.45, 2.75) is 11.0 Å². The molecule has 0 saturated carbocycles. The maximum atomic E-state index is 5.91. The molecule has 1 aliphatic rings. The molecule has 8 heteroatoms. The molecule has 0 saturated heterocycles. The third kappa shape index (κ3) is 3.96.